The van der Waals surface area contributed by atoms with Crippen molar-refractivity contribution in [1.29, 1.82) is 0 Å². The second-order valence-corrected chi connectivity index (χ2v) is 6.88. The Morgan fingerprint density at radius 1 is 1.31 bits per heavy atom. The molecule has 2 saturated heterocycles. The Morgan fingerprint density at radius 3 is 2.65 bits per heavy atom. The fourth-order valence-corrected chi connectivity index (χ4v) is 3.64. The van der Waals surface area contributed by atoms with Gasteiger partial charge in [0.15, 0.2) is 0 Å². The van der Waals surface area contributed by atoms with Gasteiger partial charge in [0.25, 0.3) is 0 Å². The van der Waals surface area contributed by atoms with Crippen LogP contribution >= 0.6 is 0 Å². The molecule has 26 heavy (non-hydrogen) atoms. The molecule has 7 heteroatoms. The molecule has 2 aliphatic rings. The minimum atomic E-state index is -1.30. The molecule has 3 rings (SSSR count). The maximum Gasteiger partial charge on any atom is 0.329 e. The molecule has 0 aliphatic carbocycles. The average molecular weight is 360 g/mol. The van der Waals surface area contributed by atoms with Gasteiger partial charge in [0.2, 0.25) is 11.8 Å². The van der Waals surface area contributed by atoms with Crippen molar-refractivity contribution in [1.82, 2.24) is 5.32 Å². The second-order valence-electron chi connectivity index (χ2n) is 6.88. The first kappa shape index (κ1) is 18.4. The molecule has 2 N–H and O–H groups in total. The highest BCUT2D eigenvalue weighted by Gasteiger charge is 2.44. The number of nitrogens with one attached hydrogen (secondary N) is 1. The van der Waals surface area contributed by atoms with E-state index in [1.54, 1.807) is 4.90 Å². The summed E-state index contributed by atoms with van der Waals surface area (Å²) in [5, 5.41) is 12.3. The fourth-order valence-electron chi connectivity index (χ4n) is 3.64. The normalized spacial score (nSPS) is 22.3. The van der Waals surface area contributed by atoms with Crippen molar-refractivity contribution in [2.24, 2.45) is 5.92 Å². The first-order chi connectivity index (χ1) is 12.5. The van der Waals surface area contributed by atoms with Crippen molar-refractivity contribution >= 4 is 23.5 Å². The van der Waals surface area contributed by atoms with Crippen LogP contribution in [0.4, 0.5) is 5.69 Å². The molecule has 2 aliphatic heterocycles. The number of aryl methyl sites for hydroxylation is 1. The molecule has 1 atom stereocenters. The van der Waals surface area contributed by atoms with Crippen LogP contribution in [0.2, 0.25) is 0 Å². The molecule has 1 aromatic rings. The maximum absolute atomic E-state index is 12.7. The lowest BCUT2D eigenvalue weighted by atomic mass is 9.89. The third-order valence-corrected chi connectivity index (χ3v) is 5.28. The molecule has 1 aromatic carbocycles. The van der Waals surface area contributed by atoms with Gasteiger partial charge in [-0.15, -0.1) is 0 Å². The monoisotopic (exact) mass is 360 g/mol. The Bertz CT molecular complexity index is 712. The van der Waals surface area contributed by atoms with E-state index >= 15 is 0 Å². The molecule has 2 amide bonds. The van der Waals surface area contributed by atoms with Crippen molar-refractivity contribution in [3.63, 3.8) is 0 Å². The molecule has 7 nitrogen and oxygen atoms in total. The summed E-state index contributed by atoms with van der Waals surface area (Å²) in [5.41, 5.74) is 0.579. The van der Waals surface area contributed by atoms with Crippen LogP contribution < -0.4 is 10.2 Å². The quantitative estimate of drug-likeness (QED) is 0.826. The molecule has 0 bridgehead atoms. The predicted molar refractivity (Wildman–Crippen MR) is 94.8 cm³/mol. The first-order valence-corrected chi connectivity index (χ1v) is 8.98. The van der Waals surface area contributed by atoms with Crippen LogP contribution in [-0.2, 0) is 25.5 Å². The minimum Gasteiger partial charge on any atom is -0.480 e. The molecule has 0 spiro atoms. The average Bonchev–Trinajstić information content (AvgIpc) is 3.04. The summed E-state index contributed by atoms with van der Waals surface area (Å²) < 4.78 is 5.22. The van der Waals surface area contributed by atoms with Gasteiger partial charge in [0.1, 0.15) is 5.54 Å². The predicted octanol–water partition coefficient (Wildman–Crippen LogP) is 1.35. The number of aliphatic carboxylic acids is 1. The van der Waals surface area contributed by atoms with E-state index in [-0.39, 0.29) is 37.6 Å². The zero-order valence-corrected chi connectivity index (χ0v) is 14.9. The van der Waals surface area contributed by atoms with Crippen LogP contribution in [-0.4, -0.2) is 48.2 Å². The Labute approximate surface area is 152 Å². The number of carbonyl (C=O) groups is 3. The number of amides is 2. The van der Waals surface area contributed by atoms with E-state index in [9.17, 15) is 19.5 Å². The maximum atomic E-state index is 12.7. The van der Waals surface area contributed by atoms with E-state index in [1.165, 1.54) is 0 Å². The SMILES string of the molecule is CCc1ccccc1N1CC(C(=O)NC2(C(=O)O)CCOCC2)CC1=O. The molecule has 140 valence electrons. The van der Waals surface area contributed by atoms with Crippen molar-refractivity contribution in [3.8, 4) is 0 Å². The van der Waals surface area contributed by atoms with E-state index in [2.05, 4.69) is 5.32 Å². The van der Waals surface area contributed by atoms with Gasteiger partial charge in [-0.3, -0.25) is 9.59 Å². The Kier molecular flexibility index (Phi) is 5.27. The number of anilines is 1. The second kappa shape index (κ2) is 7.45. The van der Waals surface area contributed by atoms with Crippen LogP contribution in [0.5, 0.6) is 0 Å². The van der Waals surface area contributed by atoms with Gasteiger partial charge in [-0.1, -0.05) is 25.1 Å². The number of para-hydroxylation sites is 1. The lowest BCUT2D eigenvalue weighted by Gasteiger charge is -2.34. The number of nitrogens with zero attached hydrogens (tertiary/aromatic N) is 1. The number of carbonyl (C=O) groups excluding carboxylic acids is 2. The van der Waals surface area contributed by atoms with Crippen molar-refractivity contribution in [3.05, 3.63) is 29.8 Å². The van der Waals surface area contributed by atoms with Crippen LogP contribution in [0.25, 0.3) is 0 Å². The molecule has 0 aromatic heterocycles. The number of hydrogen-bond acceptors (Lipinski definition) is 4. The van der Waals surface area contributed by atoms with Crippen LogP contribution in [0.3, 0.4) is 0 Å². The highest BCUT2D eigenvalue weighted by atomic mass is 16.5. The fraction of sp³-hybridized carbons (Fsp3) is 0.526. The van der Waals surface area contributed by atoms with Gasteiger partial charge in [0.05, 0.1) is 5.92 Å². The number of hydrogen-bond donors (Lipinski definition) is 2. The number of ether oxygens (including phenoxy) is 1. The first-order valence-electron chi connectivity index (χ1n) is 8.98. The van der Waals surface area contributed by atoms with Gasteiger partial charge in [-0.05, 0) is 18.1 Å². The van der Waals surface area contributed by atoms with Crippen LogP contribution in [0.15, 0.2) is 24.3 Å². The van der Waals surface area contributed by atoms with Crippen molar-refractivity contribution < 1.29 is 24.2 Å². The highest BCUT2D eigenvalue weighted by molar-refractivity contribution is 6.01. The summed E-state index contributed by atoms with van der Waals surface area (Å²) in [5.74, 6) is -2.08. The lowest BCUT2D eigenvalue weighted by Crippen LogP contribution is -2.58. The van der Waals surface area contributed by atoms with Crippen LogP contribution in [0, 0.1) is 5.92 Å². The molecule has 0 radical (unpaired) electrons. The van der Waals surface area contributed by atoms with Gasteiger partial charge < -0.3 is 20.1 Å². The van der Waals surface area contributed by atoms with E-state index in [1.807, 2.05) is 31.2 Å². The number of carboxylic acids is 1. The number of rotatable bonds is 5. The third kappa shape index (κ3) is 3.44. The van der Waals surface area contributed by atoms with E-state index in [0.717, 1.165) is 17.7 Å². The lowest BCUT2D eigenvalue weighted by molar-refractivity contribution is -0.152. The van der Waals surface area contributed by atoms with Gasteiger partial charge >= 0.3 is 5.97 Å². The summed E-state index contributed by atoms with van der Waals surface area (Å²) in [6.45, 7) is 2.89. The summed E-state index contributed by atoms with van der Waals surface area (Å²) >= 11 is 0. The third-order valence-electron chi connectivity index (χ3n) is 5.28. The van der Waals surface area contributed by atoms with Gasteiger partial charge in [0, 0.05) is 44.7 Å². The van der Waals surface area contributed by atoms with E-state index in [0.29, 0.717) is 13.2 Å². The zero-order chi connectivity index (χ0) is 18.7. The van der Waals surface area contributed by atoms with Crippen molar-refractivity contribution in [2.75, 3.05) is 24.7 Å². The standard InChI is InChI=1S/C19H24N2O5/c1-2-13-5-3-4-6-15(13)21-12-14(11-16(21)22)17(23)20-19(18(24)25)7-9-26-10-8-19/h3-6,14H,2,7-12H2,1H3,(H,20,23)(H,24,25). The minimum absolute atomic E-state index is 0.0933. The summed E-state index contributed by atoms with van der Waals surface area (Å²) in [4.78, 5) is 38.5. The Hall–Kier alpha value is -2.41. The molecule has 2 fully saturated rings. The van der Waals surface area contributed by atoms with Gasteiger partial charge in [-0.25, -0.2) is 4.79 Å². The molecular formula is C19H24N2O5. The molecule has 2 heterocycles. The smallest absolute Gasteiger partial charge is 0.329 e. The number of carboxylic acid groups (broad SMARTS) is 1. The number of benzene rings is 1. The summed E-state index contributed by atoms with van der Waals surface area (Å²) in [6, 6.07) is 7.65. The van der Waals surface area contributed by atoms with Gasteiger partial charge in [-0.2, -0.15) is 0 Å². The highest BCUT2D eigenvalue weighted by Crippen LogP contribution is 2.30. The largest absolute Gasteiger partial charge is 0.480 e. The Balaban J connectivity index is 1.73. The molecular weight excluding hydrogens is 336 g/mol. The Morgan fingerprint density at radius 2 is 2.00 bits per heavy atom. The van der Waals surface area contributed by atoms with Crippen LogP contribution in [0.1, 0.15) is 31.7 Å². The topological polar surface area (TPSA) is 95.9 Å². The van der Waals surface area contributed by atoms with E-state index in [4.69, 9.17) is 4.74 Å². The van der Waals surface area contributed by atoms with Crippen molar-refractivity contribution in [2.45, 2.75) is 38.1 Å². The summed E-state index contributed by atoms with van der Waals surface area (Å²) in [6.07, 6.45) is 1.35. The molecule has 1 unspecified atom stereocenters. The van der Waals surface area contributed by atoms with E-state index < -0.39 is 17.4 Å². The zero-order valence-electron chi connectivity index (χ0n) is 14.9. The molecule has 0 saturated carbocycles. The summed E-state index contributed by atoms with van der Waals surface area (Å²) in [7, 11) is 0.